The van der Waals surface area contributed by atoms with Crippen LogP contribution in [-0.2, 0) is 22.8 Å². The van der Waals surface area contributed by atoms with Gasteiger partial charge in [-0.05, 0) is 12.8 Å². The minimum absolute atomic E-state index is 0.189. The molecule has 0 bridgehead atoms. The summed E-state index contributed by atoms with van der Waals surface area (Å²) in [6, 6.07) is 0. The van der Waals surface area contributed by atoms with Crippen molar-refractivity contribution in [3.8, 4) is 0 Å². The van der Waals surface area contributed by atoms with E-state index in [4.69, 9.17) is 5.73 Å². The first kappa shape index (κ1) is 14.0. The van der Waals surface area contributed by atoms with E-state index in [-0.39, 0.29) is 11.5 Å². The van der Waals surface area contributed by atoms with Gasteiger partial charge in [0.15, 0.2) is 5.82 Å². The molecule has 17 heavy (non-hydrogen) atoms. The minimum atomic E-state index is -2.90. The number of nitrogens with two attached hydrogens (primary N) is 1. The lowest BCUT2D eigenvalue weighted by Crippen LogP contribution is -2.13. The fraction of sp³-hybridized carbons (Fsp3) is 0.800. The van der Waals surface area contributed by atoms with Crippen molar-refractivity contribution in [3.05, 3.63) is 5.69 Å². The Hall–Kier alpha value is -1.11. The van der Waals surface area contributed by atoms with Crippen molar-refractivity contribution in [2.24, 2.45) is 0 Å². The molecule has 0 saturated carbocycles. The fourth-order valence-electron chi connectivity index (χ4n) is 1.60. The molecule has 7 heteroatoms. The Morgan fingerprint density at radius 1 is 1.35 bits per heavy atom. The van der Waals surface area contributed by atoms with Gasteiger partial charge in [-0.25, -0.2) is 13.1 Å². The van der Waals surface area contributed by atoms with Crippen molar-refractivity contribution in [1.82, 2.24) is 15.0 Å². The summed E-state index contributed by atoms with van der Waals surface area (Å²) in [6.45, 7) is 4.27. The van der Waals surface area contributed by atoms with Gasteiger partial charge >= 0.3 is 0 Å². The van der Waals surface area contributed by atoms with Crippen LogP contribution in [0.25, 0.3) is 0 Å². The van der Waals surface area contributed by atoms with E-state index < -0.39 is 9.84 Å². The Balaban J connectivity index is 2.58. The van der Waals surface area contributed by atoms with Crippen LogP contribution >= 0.6 is 0 Å². The summed E-state index contributed by atoms with van der Waals surface area (Å²) in [7, 11) is -2.90. The lowest BCUT2D eigenvalue weighted by molar-refractivity contribution is 0.544. The molecule has 0 aliphatic heterocycles. The molecule has 1 aromatic rings. The van der Waals surface area contributed by atoms with Crippen molar-refractivity contribution >= 4 is 15.7 Å². The molecule has 98 valence electrons. The van der Waals surface area contributed by atoms with Crippen LogP contribution in [0.5, 0.6) is 0 Å². The maximum absolute atomic E-state index is 11.3. The highest BCUT2D eigenvalue weighted by atomic mass is 32.2. The van der Waals surface area contributed by atoms with Gasteiger partial charge in [-0.15, -0.1) is 5.10 Å². The molecule has 1 rings (SSSR count). The largest absolute Gasteiger partial charge is 0.381 e. The number of rotatable bonds is 7. The third kappa shape index (κ3) is 3.99. The maximum atomic E-state index is 11.3. The summed E-state index contributed by atoms with van der Waals surface area (Å²) < 4.78 is 24.4. The second kappa shape index (κ2) is 6.00. The minimum Gasteiger partial charge on any atom is -0.381 e. The SMILES string of the molecule is CCCc1c(N)nnn1CCCS(=O)(=O)CC. The lowest BCUT2D eigenvalue weighted by Gasteiger charge is -2.05. The Morgan fingerprint density at radius 2 is 2.06 bits per heavy atom. The van der Waals surface area contributed by atoms with Gasteiger partial charge < -0.3 is 5.73 Å². The summed E-state index contributed by atoms with van der Waals surface area (Å²) in [5.74, 6) is 0.827. The van der Waals surface area contributed by atoms with Crippen LogP contribution in [0.15, 0.2) is 0 Å². The molecule has 0 aliphatic carbocycles. The number of nitrogens with zero attached hydrogens (tertiary/aromatic N) is 3. The quantitative estimate of drug-likeness (QED) is 0.776. The van der Waals surface area contributed by atoms with Crippen LogP contribution in [-0.4, -0.2) is 34.9 Å². The number of aromatic nitrogens is 3. The van der Waals surface area contributed by atoms with Gasteiger partial charge in [-0.1, -0.05) is 25.5 Å². The summed E-state index contributed by atoms with van der Waals surface area (Å²) in [4.78, 5) is 0. The normalized spacial score (nSPS) is 11.9. The van der Waals surface area contributed by atoms with E-state index in [1.165, 1.54) is 0 Å². The lowest BCUT2D eigenvalue weighted by atomic mass is 10.2. The van der Waals surface area contributed by atoms with E-state index in [1.54, 1.807) is 11.6 Å². The van der Waals surface area contributed by atoms with E-state index in [0.717, 1.165) is 18.5 Å². The third-order valence-corrected chi connectivity index (χ3v) is 4.41. The summed E-state index contributed by atoms with van der Waals surface area (Å²) in [6.07, 6.45) is 2.33. The molecule has 0 unspecified atom stereocenters. The van der Waals surface area contributed by atoms with Gasteiger partial charge in [-0.2, -0.15) is 0 Å². The van der Waals surface area contributed by atoms with Crippen molar-refractivity contribution < 1.29 is 8.42 Å². The molecule has 0 atom stereocenters. The second-order valence-electron chi connectivity index (χ2n) is 3.98. The summed E-state index contributed by atoms with van der Waals surface area (Å²) in [5.41, 5.74) is 6.60. The number of aryl methyl sites for hydroxylation is 1. The summed E-state index contributed by atoms with van der Waals surface area (Å²) in [5, 5.41) is 7.74. The monoisotopic (exact) mass is 260 g/mol. The molecular weight excluding hydrogens is 240 g/mol. The van der Waals surface area contributed by atoms with Crippen molar-refractivity contribution in [3.63, 3.8) is 0 Å². The van der Waals surface area contributed by atoms with Gasteiger partial charge in [0.2, 0.25) is 0 Å². The van der Waals surface area contributed by atoms with E-state index in [9.17, 15) is 8.42 Å². The van der Waals surface area contributed by atoms with E-state index >= 15 is 0 Å². The first-order valence-corrected chi connectivity index (χ1v) is 7.70. The highest BCUT2D eigenvalue weighted by molar-refractivity contribution is 7.91. The predicted molar refractivity (Wildman–Crippen MR) is 67.4 cm³/mol. The smallest absolute Gasteiger partial charge is 0.169 e. The maximum Gasteiger partial charge on any atom is 0.169 e. The Kier molecular flexibility index (Phi) is 4.92. The molecule has 0 aliphatic rings. The van der Waals surface area contributed by atoms with Gasteiger partial charge in [-0.3, -0.25) is 0 Å². The predicted octanol–water partition coefficient (Wildman–Crippen LogP) is 0.638. The average Bonchev–Trinajstić information content (AvgIpc) is 2.62. The number of sulfone groups is 1. The van der Waals surface area contributed by atoms with Crippen LogP contribution in [0.3, 0.4) is 0 Å². The number of hydrogen-bond acceptors (Lipinski definition) is 5. The Labute approximate surface area is 102 Å². The molecule has 0 fully saturated rings. The first-order valence-electron chi connectivity index (χ1n) is 5.88. The molecule has 1 aromatic heterocycles. The summed E-state index contributed by atoms with van der Waals surface area (Å²) >= 11 is 0. The van der Waals surface area contributed by atoms with Gasteiger partial charge in [0, 0.05) is 12.3 Å². The molecular formula is C10H20N4O2S. The van der Waals surface area contributed by atoms with Crippen LogP contribution in [0.2, 0.25) is 0 Å². The van der Waals surface area contributed by atoms with Gasteiger partial charge in [0.1, 0.15) is 9.84 Å². The van der Waals surface area contributed by atoms with Gasteiger partial charge in [0.25, 0.3) is 0 Å². The number of anilines is 1. The zero-order valence-corrected chi connectivity index (χ0v) is 11.2. The second-order valence-corrected chi connectivity index (χ2v) is 6.46. The topological polar surface area (TPSA) is 90.9 Å². The Morgan fingerprint density at radius 3 is 2.65 bits per heavy atom. The molecule has 0 radical (unpaired) electrons. The highest BCUT2D eigenvalue weighted by Gasteiger charge is 2.11. The highest BCUT2D eigenvalue weighted by Crippen LogP contribution is 2.10. The molecule has 2 N–H and O–H groups in total. The molecule has 0 amide bonds. The van der Waals surface area contributed by atoms with Crippen molar-refractivity contribution in [2.75, 3.05) is 17.2 Å². The van der Waals surface area contributed by atoms with Crippen molar-refractivity contribution in [2.45, 2.75) is 39.7 Å². The number of nitrogen functional groups attached to an aromatic ring is 1. The van der Waals surface area contributed by atoms with E-state index in [1.807, 2.05) is 0 Å². The van der Waals surface area contributed by atoms with Crippen LogP contribution in [0, 0.1) is 0 Å². The Bertz CT molecular complexity index is 453. The van der Waals surface area contributed by atoms with Crippen LogP contribution in [0.1, 0.15) is 32.4 Å². The first-order chi connectivity index (χ1) is 8.00. The molecule has 0 aromatic carbocycles. The molecule has 0 saturated heterocycles. The zero-order valence-electron chi connectivity index (χ0n) is 10.4. The zero-order chi connectivity index (χ0) is 12.9. The van der Waals surface area contributed by atoms with E-state index in [2.05, 4.69) is 17.2 Å². The molecule has 0 spiro atoms. The van der Waals surface area contributed by atoms with Crippen LogP contribution < -0.4 is 5.73 Å². The van der Waals surface area contributed by atoms with E-state index in [0.29, 0.717) is 18.8 Å². The standard InChI is InChI=1S/C10H20N4O2S/c1-3-6-9-10(11)12-13-14(9)7-5-8-17(15,16)4-2/h3-8,11H2,1-2H3. The van der Waals surface area contributed by atoms with Gasteiger partial charge in [0.05, 0.1) is 11.4 Å². The number of hydrogen-bond donors (Lipinski definition) is 1. The average molecular weight is 260 g/mol. The fourth-order valence-corrected chi connectivity index (χ4v) is 2.46. The van der Waals surface area contributed by atoms with Crippen molar-refractivity contribution in [1.29, 1.82) is 0 Å². The molecule has 6 nitrogen and oxygen atoms in total. The third-order valence-electron chi connectivity index (χ3n) is 2.62. The molecule has 1 heterocycles. The van der Waals surface area contributed by atoms with Crippen LogP contribution in [0.4, 0.5) is 5.82 Å².